The van der Waals surface area contributed by atoms with Crippen molar-refractivity contribution in [2.24, 2.45) is 5.73 Å². The van der Waals surface area contributed by atoms with Gasteiger partial charge < -0.3 is 5.73 Å². The molecule has 1 heterocycles. The van der Waals surface area contributed by atoms with E-state index in [1.54, 1.807) is 11.3 Å². The second-order valence-corrected chi connectivity index (χ2v) is 6.03. The molecule has 1 unspecified atom stereocenters. The van der Waals surface area contributed by atoms with Crippen LogP contribution in [0.15, 0.2) is 24.3 Å². The smallest absolute Gasteiger partial charge is 0.110 e. The van der Waals surface area contributed by atoms with E-state index in [9.17, 15) is 0 Å². The average molecular weight is 281 g/mol. The van der Waals surface area contributed by atoms with E-state index in [4.69, 9.17) is 17.3 Å². The Morgan fingerprint density at radius 1 is 1.33 bits per heavy atom. The Morgan fingerprint density at radius 2 is 2.00 bits per heavy atom. The molecule has 96 valence electrons. The number of benzene rings is 1. The highest BCUT2D eigenvalue weighted by atomic mass is 35.5. The van der Waals surface area contributed by atoms with Crippen molar-refractivity contribution in [3.05, 3.63) is 39.2 Å². The van der Waals surface area contributed by atoms with Crippen molar-refractivity contribution < 1.29 is 0 Å². The van der Waals surface area contributed by atoms with Crippen LogP contribution in [0.3, 0.4) is 0 Å². The lowest BCUT2D eigenvalue weighted by Crippen LogP contribution is -2.09. The highest BCUT2D eigenvalue weighted by molar-refractivity contribution is 7.12. The van der Waals surface area contributed by atoms with E-state index in [0.717, 1.165) is 34.1 Å². The van der Waals surface area contributed by atoms with Gasteiger partial charge >= 0.3 is 0 Å². The molecule has 0 amide bonds. The Kier molecular flexibility index (Phi) is 4.38. The average Bonchev–Trinajstić information content (AvgIpc) is 2.73. The van der Waals surface area contributed by atoms with Crippen molar-refractivity contribution >= 4 is 22.9 Å². The Labute approximate surface area is 117 Å². The van der Waals surface area contributed by atoms with Crippen LogP contribution in [-0.2, 0) is 0 Å². The van der Waals surface area contributed by atoms with Crippen LogP contribution in [0, 0.1) is 6.92 Å². The second kappa shape index (κ2) is 5.83. The molecule has 0 radical (unpaired) electrons. The summed E-state index contributed by atoms with van der Waals surface area (Å²) in [6.45, 7) is 4.23. The molecule has 0 aliphatic carbocycles. The van der Waals surface area contributed by atoms with E-state index in [-0.39, 0.29) is 6.04 Å². The zero-order valence-electron chi connectivity index (χ0n) is 10.6. The maximum atomic E-state index is 6.12. The van der Waals surface area contributed by atoms with E-state index in [1.807, 2.05) is 24.3 Å². The van der Waals surface area contributed by atoms with E-state index >= 15 is 0 Å². The lowest BCUT2D eigenvalue weighted by atomic mass is 10.1. The fourth-order valence-electron chi connectivity index (χ4n) is 1.89. The SMILES string of the molecule is CCCC(N)c1nc(-c2ccc(Cl)cc2)c(C)s1. The summed E-state index contributed by atoms with van der Waals surface area (Å²) in [5, 5.41) is 1.77. The quantitative estimate of drug-likeness (QED) is 0.891. The first kappa shape index (κ1) is 13.5. The molecule has 2 rings (SSSR count). The fraction of sp³-hybridized carbons (Fsp3) is 0.357. The van der Waals surface area contributed by atoms with Gasteiger partial charge in [-0.15, -0.1) is 11.3 Å². The highest BCUT2D eigenvalue weighted by Crippen LogP contribution is 2.31. The third-order valence-corrected chi connectivity index (χ3v) is 4.20. The van der Waals surface area contributed by atoms with Crippen molar-refractivity contribution in [1.82, 2.24) is 4.98 Å². The molecule has 0 saturated carbocycles. The molecular weight excluding hydrogens is 264 g/mol. The van der Waals surface area contributed by atoms with E-state index in [1.165, 1.54) is 4.88 Å². The van der Waals surface area contributed by atoms with Gasteiger partial charge in [-0.05, 0) is 25.5 Å². The van der Waals surface area contributed by atoms with Crippen LogP contribution in [0.2, 0.25) is 5.02 Å². The molecule has 0 fully saturated rings. The maximum absolute atomic E-state index is 6.12. The van der Waals surface area contributed by atoms with Gasteiger partial charge in [0, 0.05) is 15.5 Å². The molecule has 0 spiro atoms. The topological polar surface area (TPSA) is 38.9 Å². The molecule has 4 heteroatoms. The summed E-state index contributed by atoms with van der Waals surface area (Å²) >= 11 is 7.59. The zero-order chi connectivity index (χ0) is 13.1. The number of halogens is 1. The predicted octanol–water partition coefficient (Wildman–Crippen LogP) is 4.57. The van der Waals surface area contributed by atoms with E-state index in [0.29, 0.717) is 0 Å². The van der Waals surface area contributed by atoms with Gasteiger partial charge in [0.15, 0.2) is 0 Å². The molecule has 1 aromatic carbocycles. The van der Waals surface area contributed by atoms with Gasteiger partial charge in [-0.3, -0.25) is 0 Å². The number of aryl methyl sites for hydroxylation is 1. The number of rotatable bonds is 4. The first-order valence-corrected chi connectivity index (χ1v) is 7.30. The van der Waals surface area contributed by atoms with Crippen LogP contribution in [-0.4, -0.2) is 4.98 Å². The van der Waals surface area contributed by atoms with Crippen LogP contribution in [0.5, 0.6) is 0 Å². The van der Waals surface area contributed by atoms with Crippen molar-refractivity contribution in [1.29, 1.82) is 0 Å². The van der Waals surface area contributed by atoms with Crippen LogP contribution >= 0.6 is 22.9 Å². The lowest BCUT2D eigenvalue weighted by molar-refractivity contribution is 0.635. The van der Waals surface area contributed by atoms with Gasteiger partial charge in [-0.25, -0.2) is 4.98 Å². The van der Waals surface area contributed by atoms with E-state index < -0.39 is 0 Å². The van der Waals surface area contributed by atoms with E-state index in [2.05, 4.69) is 18.8 Å². The Balaban J connectivity index is 2.31. The Hall–Kier alpha value is -0.900. The molecule has 1 aromatic heterocycles. The molecular formula is C14H17ClN2S. The standard InChI is InChI=1S/C14H17ClN2S/c1-3-4-12(16)14-17-13(9(2)18-14)10-5-7-11(15)8-6-10/h5-8,12H,3-4,16H2,1-2H3. The summed E-state index contributed by atoms with van der Waals surface area (Å²) in [6, 6.07) is 7.83. The van der Waals surface area contributed by atoms with Gasteiger partial charge in [-0.1, -0.05) is 37.1 Å². The number of nitrogens with zero attached hydrogens (tertiary/aromatic N) is 1. The van der Waals surface area contributed by atoms with Crippen LogP contribution in [0.25, 0.3) is 11.3 Å². The summed E-state index contributed by atoms with van der Waals surface area (Å²) in [7, 11) is 0. The van der Waals surface area contributed by atoms with Gasteiger partial charge in [0.1, 0.15) is 5.01 Å². The third-order valence-electron chi connectivity index (χ3n) is 2.85. The van der Waals surface area contributed by atoms with Crippen molar-refractivity contribution in [3.8, 4) is 11.3 Å². The van der Waals surface area contributed by atoms with Crippen molar-refractivity contribution in [2.75, 3.05) is 0 Å². The minimum atomic E-state index is 0.0553. The van der Waals surface area contributed by atoms with Gasteiger partial charge in [0.05, 0.1) is 11.7 Å². The molecule has 2 nitrogen and oxygen atoms in total. The van der Waals surface area contributed by atoms with Crippen LogP contribution in [0.4, 0.5) is 0 Å². The molecule has 0 bridgehead atoms. The summed E-state index contributed by atoms with van der Waals surface area (Å²) in [5.41, 5.74) is 8.24. The largest absolute Gasteiger partial charge is 0.322 e. The molecule has 1 atom stereocenters. The molecule has 2 N–H and O–H groups in total. The minimum absolute atomic E-state index is 0.0553. The molecule has 18 heavy (non-hydrogen) atoms. The molecule has 0 aliphatic rings. The highest BCUT2D eigenvalue weighted by Gasteiger charge is 2.14. The van der Waals surface area contributed by atoms with Crippen LogP contribution in [0.1, 0.15) is 35.7 Å². The number of hydrogen-bond acceptors (Lipinski definition) is 3. The van der Waals surface area contributed by atoms with Crippen molar-refractivity contribution in [3.63, 3.8) is 0 Å². The summed E-state index contributed by atoms with van der Waals surface area (Å²) in [4.78, 5) is 5.89. The lowest BCUT2D eigenvalue weighted by Gasteiger charge is -2.05. The number of aromatic nitrogens is 1. The molecule has 2 aromatic rings. The molecule has 0 saturated heterocycles. The first-order chi connectivity index (χ1) is 8.61. The third kappa shape index (κ3) is 2.91. The normalized spacial score (nSPS) is 12.7. The number of nitrogens with two attached hydrogens (primary N) is 1. The summed E-state index contributed by atoms with van der Waals surface area (Å²) in [5.74, 6) is 0. The number of hydrogen-bond donors (Lipinski definition) is 1. The Bertz CT molecular complexity index is 519. The van der Waals surface area contributed by atoms with Crippen molar-refractivity contribution in [2.45, 2.75) is 32.7 Å². The van der Waals surface area contributed by atoms with Gasteiger partial charge in [0.2, 0.25) is 0 Å². The second-order valence-electron chi connectivity index (χ2n) is 4.36. The first-order valence-electron chi connectivity index (χ1n) is 6.10. The van der Waals surface area contributed by atoms with Gasteiger partial charge in [-0.2, -0.15) is 0 Å². The number of thiazole rings is 1. The predicted molar refractivity (Wildman–Crippen MR) is 79.1 cm³/mol. The van der Waals surface area contributed by atoms with Crippen LogP contribution < -0.4 is 5.73 Å². The fourth-order valence-corrected chi connectivity index (χ4v) is 2.99. The summed E-state index contributed by atoms with van der Waals surface area (Å²) < 4.78 is 0. The summed E-state index contributed by atoms with van der Waals surface area (Å²) in [6.07, 6.45) is 2.06. The molecule has 0 aliphatic heterocycles. The monoisotopic (exact) mass is 280 g/mol. The van der Waals surface area contributed by atoms with Gasteiger partial charge in [0.25, 0.3) is 0 Å². The minimum Gasteiger partial charge on any atom is -0.322 e. The maximum Gasteiger partial charge on any atom is 0.110 e. The Morgan fingerprint density at radius 3 is 2.61 bits per heavy atom. The zero-order valence-corrected chi connectivity index (χ0v) is 12.2.